The maximum atomic E-state index is 4.59. The molecule has 1 aromatic carbocycles. The van der Waals surface area contributed by atoms with Crippen LogP contribution in [-0.2, 0) is 0 Å². The first-order chi connectivity index (χ1) is 7.72. The Morgan fingerprint density at radius 1 is 1.12 bits per heavy atom. The van der Waals surface area contributed by atoms with Gasteiger partial charge in [0.05, 0.1) is 15.9 Å². The first-order valence-electron chi connectivity index (χ1n) is 5.25. The SMILES string of the molecule is Cc1ccc2nc(-c3ccc(C)s3)[nH]c2c1. The molecule has 2 aromatic heterocycles. The van der Waals surface area contributed by atoms with E-state index in [0.717, 1.165) is 16.9 Å². The molecule has 16 heavy (non-hydrogen) atoms. The highest BCUT2D eigenvalue weighted by molar-refractivity contribution is 7.15. The van der Waals surface area contributed by atoms with Gasteiger partial charge in [0.1, 0.15) is 5.82 Å². The Hall–Kier alpha value is -1.61. The molecule has 0 aliphatic rings. The van der Waals surface area contributed by atoms with Gasteiger partial charge in [0.15, 0.2) is 0 Å². The molecule has 0 spiro atoms. The van der Waals surface area contributed by atoms with E-state index in [2.05, 4.69) is 54.1 Å². The Morgan fingerprint density at radius 2 is 2.00 bits per heavy atom. The minimum absolute atomic E-state index is 0.971. The maximum Gasteiger partial charge on any atom is 0.148 e. The third-order valence-electron chi connectivity index (χ3n) is 2.61. The largest absolute Gasteiger partial charge is 0.337 e. The van der Waals surface area contributed by atoms with E-state index in [1.165, 1.54) is 15.3 Å². The van der Waals surface area contributed by atoms with Gasteiger partial charge in [-0.15, -0.1) is 11.3 Å². The summed E-state index contributed by atoms with van der Waals surface area (Å²) in [5, 5.41) is 0. The first kappa shape index (κ1) is 9.60. The molecule has 0 saturated carbocycles. The van der Waals surface area contributed by atoms with Gasteiger partial charge in [0, 0.05) is 4.88 Å². The zero-order valence-electron chi connectivity index (χ0n) is 9.24. The smallest absolute Gasteiger partial charge is 0.148 e. The molecule has 0 aliphatic heterocycles. The van der Waals surface area contributed by atoms with Crippen molar-refractivity contribution in [2.45, 2.75) is 13.8 Å². The molecular weight excluding hydrogens is 216 g/mol. The zero-order valence-corrected chi connectivity index (χ0v) is 10.1. The van der Waals surface area contributed by atoms with Gasteiger partial charge in [-0.1, -0.05) is 6.07 Å². The van der Waals surface area contributed by atoms with Crippen LogP contribution in [0.2, 0.25) is 0 Å². The number of thiophene rings is 1. The normalized spacial score (nSPS) is 11.1. The number of nitrogens with zero attached hydrogens (tertiary/aromatic N) is 1. The number of nitrogens with one attached hydrogen (secondary N) is 1. The lowest BCUT2D eigenvalue weighted by atomic mass is 10.2. The van der Waals surface area contributed by atoms with E-state index >= 15 is 0 Å². The Balaban J connectivity index is 2.18. The van der Waals surface area contributed by atoms with Crippen molar-refractivity contribution in [1.82, 2.24) is 9.97 Å². The van der Waals surface area contributed by atoms with Crippen LogP contribution in [0.4, 0.5) is 0 Å². The highest BCUT2D eigenvalue weighted by Gasteiger charge is 2.06. The molecule has 80 valence electrons. The Labute approximate surface area is 98.0 Å². The lowest BCUT2D eigenvalue weighted by Gasteiger charge is -1.89. The number of benzene rings is 1. The molecule has 3 rings (SSSR count). The number of rotatable bonds is 1. The van der Waals surface area contributed by atoms with Crippen LogP contribution in [0, 0.1) is 13.8 Å². The fourth-order valence-corrected chi connectivity index (χ4v) is 2.61. The van der Waals surface area contributed by atoms with Crippen LogP contribution < -0.4 is 0 Å². The van der Waals surface area contributed by atoms with Crippen LogP contribution in [-0.4, -0.2) is 9.97 Å². The zero-order chi connectivity index (χ0) is 11.1. The van der Waals surface area contributed by atoms with Crippen LogP contribution in [0.15, 0.2) is 30.3 Å². The fraction of sp³-hybridized carbons (Fsp3) is 0.154. The van der Waals surface area contributed by atoms with E-state index in [1.54, 1.807) is 11.3 Å². The number of aromatic amines is 1. The summed E-state index contributed by atoms with van der Waals surface area (Å²) in [5.41, 5.74) is 3.40. The minimum atomic E-state index is 0.971. The van der Waals surface area contributed by atoms with Crippen molar-refractivity contribution < 1.29 is 0 Å². The topological polar surface area (TPSA) is 28.7 Å². The standard InChI is InChI=1S/C13H12N2S/c1-8-3-5-10-11(7-8)15-13(14-10)12-6-4-9(2)16-12/h3-7H,1-2H3,(H,14,15). The molecule has 0 amide bonds. The lowest BCUT2D eigenvalue weighted by molar-refractivity contribution is 1.36. The second-order valence-corrected chi connectivity index (χ2v) is 5.30. The number of aromatic nitrogens is 2. The molecule has 0 radical (unpaired) electrons. The summed E-state index contributed by atoms with van der Waals surface area (Å²) < 4.78 is 0. The summed E-state index contributed by atoms with van der Waals surface area (Å²) in [5.74, 6) is 0.971. The molecular formula is C13H12N2S. The van der Waals surface area contributed by atoms with Crippen LogP contribution >= 0.6 is 11.3 Å². The van der Waals surface area contributed by atoms with Gasteiger partial charge in [0.25, 0.3) is 0 Å². The molecule has 2 heterocycles. The molecule has 0 bridgehead atoms. The number of fused-ring (bicyclic) bond motifs is 1. The van der Waals surface area contributed by atoms with Crippen molar-refractivity contribution in [2.24, 2.45) is 0 Å². The fourth-order valence-electron chi connectivity index (χ4n) is 1.80. The van der Waals surface area contributed by atoms with Crippen molar-refractivity contribution in [2.75, 3.05) is 0 Å². The maximum absolute atomic E-state index is 4.59. The van der Waals surface area contributed by atoms with Crippen LogP contribution in [0.25, 0.3) is 21.7 Å². The summed E-state index contributed by atoms with van der Waals surface area (Å²) in [4.78, 5) is 10.5. The van der Waals surface area contributed by atoms with Gasteiger partial charge < -0.3 is 4.98 Å². The third kappa shape index (κ3) is 1.53. The second kappa shape index (κ2) is 3.46. The van der Waals surface area contributed by atoms with E-state index in [1.807, 2.05) is 0 Å². The molecule has 0 fully saturated rings. The van der Waals surface area contributed by atoms with Crippen LogP contribution in [0.5, 0.6) is 0 Å². The molecule has 0 saturated heterocycles. The third-order valence-corrected chi connectivity index (χ3v) is 3.62. The van der Waals surface area contributed by atoms with Crippen molar-refractivity contribution in [3.63, 3.8) is 0 Å². The highest BCUT2D eigenvalue weighted by atomic mass is 32.1. The van der Waals surface area contributed by atoms with Crippen molar-refractivity contribution in [3.05, 3.63) is 40.8 Å². The summed E-state index contributed by atoms with van der Waals surface area (Å²) in [7, 11) is 0. The lowest BCUT2D eigenvalue weighted by Crippen LogP contribution is -1.72. The van der Waals surface area contributed by atoms with Gasteiger partial charge in [-0.2, -0.15) is 0 Å². The van der Waals surface area contributed by atoms with Gasteiger partial charge >= 0.3 is 0 Å². The predicted molar refractivity (Wildman–Crippen MR) is 68.9 cm³/mol. The van der Waals surface area contributed by atoms with Crippen LogP contribution in [0.3, 0.4) is 0 Å². The number of aryl methyl sites for hydroxylation is 2. The Bertz CT molecular complexity index is 649. The van der Waals surface area contributed by atoms with E-state index in [0.29, 0.717) is 0 Å². The minimum Gasteiger partial charge on any atom is -0.337 e. The quantitative estimate of drug-likeness (QED) is 0.672. The van der Waals surface area contributed by atoms with Crippen molar-refractivity contribution >= 4 is 22.4 Å². The van der Waals surface area contributed by atoms with E-state index in [4.69, 9.17) is 0 Å². The molecule has 0 unspecified atom stereocenters. The number of hydrogen-bond acceptors (Lipinski definition) is 2. The van der Waals surface area contributed by atoms with Gasteiger partial charge in [0.2, 0.25) is 0 Å². The molecule has 0 aliphatic carbocycles. The number of hydrogen-bond donors (Lipinski definition) is 1. The second-order valence-electron chi connectivity index (χ2n) is 4.02. The van der Waals surface area contributed by atoms with E-state index in [-0.39, 0.29) is 0 Å². The summed E-state index contributed by atoms with van der Waals surface area (Å²) in [6, 6.07) is 10.5. The van der Waals surface area contributed by atoms with Crippen molar-refractivity contribution in [3.8, 4) is 10.7 Å². The molecule has 0 atom stereocenters. The molecule has 1 N–H and O–H groups in total. The van der Waals surface area contributed by atoms with Gasteiger partial charge in [-0.25, -0.2) is 4.98 Å². The summed E-state index contributed by atoms with van der Waals surface area (Å²) in [6.45, 7) is 4.20. The van der Waals surface area contributed by atoms with E-state index < -0.39 is 0 Å². The predicted octanol–water partition coefficient (Wildman–Crippen LogP) is 3.91. The summed E-state index contributed by atoms with van der Waals surface area (Å²) in [6.07, 6.45) is 0. The molecule has 3 heteroatoms. The highest BCUT2D eigenvalue weighted by Crippen LogP contribution is 2.27. The average molecular weight is 228 g/mol. The Kier molecular flexibility index (Phi) is 2.07. The monoisotopic (exact) mass is 228 g/mol. The molecule has 2 nitrogen and oxygen atoms in total. The summed E-state index contributed by atoms with van der Waals surface area (Å²) >= 11 is 1.77. The van der Waals surface area contributed by atoms with Crippen molar-refractivity contribution in [1.29, 1.82) is 0 Å². The van der Waals surface area contributed by atoms with Crippen LogP contribution in [0.1, 0.15) is 10.4 Å². The molecule has 3 aromatic rings. The number of H-pyrrole nitrogens is 1. The number of imidazole rings is 1. The Morgan fingerprint density at radius 3 is 2.75 bits per heavy atom. The average Bonchev–Trinajstić information content (AvgIpc) is 2.83. The first-order valence-corrected chi connectivity index (χ1v) is 6.07. The van der Waals surface area contributed by atoms with E-state index in [9.17, 15) is 0 Å². The van der Waals surface area contributed by atoms with Gasteiger partial charge in [-0.05, 0) is 43.7 Å². The van der Waals surface area contributed by atoms with Gasteiger partial charge in [-0.3, -0.25) is 0 Å².